The van der Waals surface area contributed by atoms with Gasteiger partial charge in [0.2, 0.25) is 5.88 Å². The number of hydrogen-bond acceptors (Lipinski definition) is 8. The van der Waals surface area contributed by atoms with Gasteiger partial charge in [0.15, 0.2) is 0 Å². The Morgan fingerprint density at radius 1 is 1.20 bits per heavy atom. The summed E-state index contributed by atoms with van der Waals surface area (Å²) in [6.07, 6.45) is 0.511. The molecule has 0 fully saturated rings. The minimum Gasteiger partial charge on any atom is -0.462 e. The van der Waals surface area contributed by atoms with Crippen LogP contribution in [0.1, 0.15) is 60.5 Å². The van der Waals surface area contributed by atoms with Gasteiger partial charge >= 0.3 is 5.97 Å². The molecule has 0 unspecified atom stereocenters. The van der Waals surface area contributed by atoms with Crippen molar-refractivity contribution >= 4 is 29.6 Å². The zero-order valence-corrected chi connectivity index (χ0v) is 16.8. The molecule has 1 N–H and O–H groups in total. The van der Waals surface area contributed by atoms with Gasteiger partial charge in [-0.3, -0.25) is 24.6 Å². The average Bonchev–Trinajstić information content (AvgIpc) is 3.20. The average molecular weight is 415 g/mol. The van der Waals surface area contributed by atoms with Gasteiger partial charge in [0.05, 0.1) is 23.4 Å². The minimum absolute atomic E-state index is 0.0157. The third kappa shape index (κ3) is 3.94. The van der Waals surface area contributed by atoms with Gasteiger partial charge in [0.1, 0.15) is 5.56 Å². The van der Waals surface area contributed by atoms with Crippen molar-refractivity contribution in [3.63, 3.8) is 0 Å². The molecular weight excluding hydrogens is 394 g/mol. The molecule has 3 rings (SSSR count). The second kappa shape index (κ2) is 8.87. The summed E-state index contributed by atoms with van der Waals surface area (Å²) in [5.74, 6) is -2.33. The van der Waals surface area contributed by atoms with Crippen molar-refractivity contribution < 1.29 is 33.2 Å². The summed E-state index contributed by atoms with van der Waals surface area (Å²) in [6.45, 7) is 3.99. The van der Waals surface area contributed by atoms with Crippen LogP contribution in [0.25, 0.3) is 0 Å². The van der Waals surface area contributed by atoms with Gasteiger partial charge in [-0.2, -0.15) is 0 Å². The summed E-state index contributed by atoms with van der Waals surface area (Å²) in [7, 11) is 1.54. The molecule has 0 atom stereocenters. The fourth-order valence-corrected chi connectivity index (χ4v) is 3.08. The van der Waals surface area contributed by atoms with Gasteiger partial charge in [0, 0.05) is 25.8 Å². The molecule has 10 nitrogen and oxygen atoms in total. The van der Waals surface area contributed by atoms with Crippen molar-refractivity contribution in [2.24, 2.45) is 0 Å². The lowest BCUT2D eigenvalue weighted by Crippen LogP contribution is -2.31. The van der Waals surface area contributed by atoms with Crippen molar-refractivity contribution in [2.45, 2.75) is 20.3 Å². The number of esters is 1. The number of nitrogens with one attached hydrogen (secondary N) is 1. The second-order valence-electron chi connectivity index (χ2n) is 6.52. The first-order valence-corrected chi connectivity index (χ1v) is 9.33. The Kier molecular flexibility index (Phi) is 6.26. The number of anilines is 1. The number of hydrogen-bond donors (Lipinski definition) is 1. The van der Waals surface area contributed by atoms with Crippen LogP contribution in [0.4, 0.5) is 5.88 Å². The number of ether oxygens (including phenoxy) is 2. The van der Waals surface area contributed by atoms with E-state index in [1.807, 2.05) is 0 Å². The van der Waals surface area contributed by atoms with Gasteiger partial charge in [-0.05, 0) is 38.5 Å². The maximum Gasteiger partial charge on any atom is 0.345 e. The summed E-state index contributed by atoms with van der Waals surface area (Å²) in [5.41, 5.74) is 0.783. The smallest absolute Gasteiger partial charge is 0.345 e. The highest BCUT2D eigenvalue weighted by Crippen LogP contribution is 2.26. The van der Waals surface area contributed by atoms with Crippen molar-refractivity contribution in [1.29, 1.82) is 0 Å². The van der Waals surface area contributed by atoms with Crippen LogP contribution in [0, 0.1) is 6.92 Å². The molecule has 0 aliphatic carbocycles. The number of imide groups is 1. The highest BCUT2D eigenvalue weighted by molar-refractivity contribution is 6.22. The van der Waals surface area contributed by atoms with Gasteiger partial charge in [-0.15, -0.1) is 0 Å². The first-order valence-electron chi connectivity index (χ1n) is 9.33. The predicted molar refractivity (Wildman–Crippen MR) is 103 cm³/mol. The monoisotopic (exact) mass is 415 g/mol. The first kappa shape index (κ1) is 21.2. The highest BCUT2D eigenvalue weighted by atomic mass is 16.5. The van der Waals surface area contributed by atoms with Crippen molar-refractivity contribution in [2.75, 3.05) is 32.2 Å². The number of aryl methyl sites for hydroxylation is 1. The zero-order chi connectivity index (χ0) is 21.8. The van der Waals surface area contributed by atoms with Crippen LogP contribution in [0.3, 0.4) is 0 Å². The molecule has 1 aliphatic heterocycles. The van der Waals surface area contributed by atoms with E-state index in [-0.39, 0.29) is 47.0 Å². The van der Waals surface area contributed by atoms with E-state index in [1.165, 1.54) is 25.3 Å². The number of fused-ring (bicyclic) bond motifs is 1. The summed E-state index contributed by atoms with van der Waals surface area (Å²) in [5, 5.41) is 6.15. The molecule has 158 valence electrons. The van der Waals surface area contributed by atoms with E-state index in [2.05, 4.69) is 10.5 Å². The number of carbonyl (C=O) groups excluding carboxylic acids is 4. The van der Waals surface area contributed by atoms with Gasteiger partial charge in [0.25, 0.3) is 17.7 Å². The zero-order valence-electron chi connectivity index (χ0n) is 16.8. The molecule has 2 aromatic rings. The number of nitrogens with zero attached hydrogens (tertiary/aromatic N) is 2. The standard InChI is InChI=1S/C20H21N3O7/c1-4-29-20(27)15-11(2)22-30-17(15)21-16(24)12-6-7-13-14(10-12)19(26)23(18(13)25)8-5-9-28-3/h6-7,10H,4-5,8-9H2,1-3H3,(H,21,24). The molecule has 0 saturated carbocycles. The number of rotatable bonds is 8. The van der Waals surface area contributed by atoms with Gasteiger partial charge in [-0.1, -0.05) is 5.16 Å². The Bertz CT molecular complexity index is 1010. The lowest BCUT2D eigenvalue weighted by Gasteiger charge is -2.12. The summed E-state index contributed by atoms with van der Waals surface area (Å²) < 4.78 is 14.9. The molecule has 0 saturated heterocycles. The largest absolute Gasteiger partial charge is 0.462 e. The van der Waals surface area contributed by atoms with E-state index in [0.29, 0.717) is 13.0 Å². The van der Waals surface area contributed by atoms with Crippen molar-refractivity contribution in [3.05, 3.63) is 46.1 Å². The summed E-state index contributed by atoms with van der Waals surface area (Å²) in [6, 6.07) is 4.19. The minimum atomic E-state index is -0.673. The molecule has 1 aliphatic rings. The third-order valence-corrected chi connectivity index (χ3v) is 4.53. The fraction of sp³-hybridized carbons (Fsp3) is 0.350. The number of methoxy groups -OCH3 is 1. The van der Waals surface area contributed by atoms with Gasteiger partial charge < -0.3 is 14.0 Å². The molecule has 10 heteroatoms. The molecule has 2 heterocycles. The van der Waals surface area contributed by atoms with Gasteiger partial charge in [-0.25, -0.2) is 4.79 Å². The Morgan fingerprint density at radius 2 is 1.93 bits per heavy atom. The SMILES string of the molecule is CCOC(=O)c1c(C)noc1NC(=O)c1ccc2c(c1)C(=O)N(CCCOC)C2=O. The lowest BCUT2D eigenvalue weighted by molar-refractivity contribution is 0.0525. The van der Waals surface area contributed by atoms with Crippen LogP contribution in [0.2, 0.25) is 0 Å². The molecule has 0 bridgehead atoms. The molecule has 0 radical (unpaired) electrons. The fourth-order valence-electron chi connectivity index (χ4n) is 3.08. The van der Waals surface area contributed by atoms with Crippen LogP contribution in [0.5, 0.6) is 0 Å². The Hall–Kier alpha value is -3.53. The number of benzene rings is 1. The van der Waals surface area contributed by atoms with Crippen LogP contribution < -0.4 is 5.32 Å². The molecular formula is C20H21N3O7. The molecule has 1 aromatic heterocycles. The number of amides is 3. The second-order valence-corrected chi connectivity index (χ2v) is 6.52. The lowest BCUT2D eigenvalue weighted by atomic mass is 10.1. The van der Waals surface area contributed by atoms with Crippen molar-refractivity contribution in [1.82, 2.24) is 10.1 Å². The topological polar surface area (TPSA) is 128 Å². The third-order valence-electron chi connectivity index (χ3n) is 4.53. The Balaban J connectivity index is 1.80. The predicted octanol–water partition coefficient (Wildman–Crippen LogP) is 2.04. The van der Waals surface area contributed by atoms with E-state index < -0.39 is 23.7 Å². The quantitative estimate of drug-likeness (QED) is 0.394. The van der Waals surface area contributed by atoms with E-state index >= 15 is 0 Å². The molecule has 0 spiro atoms. The molecule has 1 aromatic carbocycles. The number of aromatic nitrogens is 1. The van der Waals surface area contributed by atoms with Crippen LogP contribution in [-0.4, -0.2) is 60.6 Å². The normalized spacial score (nSPS) is 12.8. The molecule has 30 heavy (non-hydrogen) atoms. The van der Waals surface area contributed by atoms with E-state index in [9.17, 15) is 19.2 Å². The maximum absolute atomic E-state index is 12.7. The van der Waals surface area contributed by atoms with E-state index in [1.54, 1.807) is 13.8 Å². The summed E-state index contributed by atoms with van der Waals surface area (Å²) in [4.78, 5) is 50.9. The van der Waals surface area contributed by atoms with Crippen LogP contribution in [-0.2, 0) is 9.47 Å². The Morgan fingerprint density at radius 3 is 2.63 bits per heavy atom. The van der Waals surface area contributed by atoms with E-state index in [0.717, 1.165) is 4.90 Å². The molecule has 3 amide bonds. The summed E-state index contributed by atoms with van der Waals surface area (Å²) >= 11 is 0. The highest BCUT2D eigenvalue weighted by Gasteiger charge is 2.35. The Labute approximate surface area is 172 Å². The van der Waals surface area contributed by atoms with E-state index in [4.69, 9.17) is 14.0 Å². The van der Waals surface area contributed by atoms with Crippen LogP contribution >= 0.6 is 0 Å². The first-order chi connectivity index (χ1) is 14.4. The number of carbonyl (C=O) groups is 4. The van der Waals surface area contributed by atoms with Crippen molar-refractivity contribution in [3.8, 4) is 0 Å². The van der Waals surface area contributed by atoms with Crippen LogP contribution in [0.15, 0.2) is 22.7 Å². The maximum atomic E-state index is 12.7.